The monoisotopic (exact) mass is 256 g/mol. The van der Waals surface area contributed by atoms with Gasteiger partial charge >= 0.3 is 0 Å². The second kappa shape index (κ2) is 5.67. The highest BCUT2D eigenvalue weighted by atomic mass is 16.5. The van der Waals surface area contributed by atoms with Gasteiger partial charge in [0, 0.05) is 18.1 Å². The molecule has 19 heavy (non-hydrogen) atoms. The zero-order valence-electron chi connectivity index (χ0n) is 10.6. The molecule has 0 radical (unpaired) electrons. The molecule has 1 aliphatic rings. The van der Waals surface area contributed by atoms with E-state index in [9.17, 15) is 0 Å². The molecule has 0 saturated carbocycles. The van der Waals surface area contributed by atoms with Crippen LogP contribution in [-0.4, -0.2) is 47.1 Å². The average Bonchev–Trinajstić information content (AvgIpc) is 3.01. The molecule has 0 N–H and O–H groups in total. The number of hydrogen-bond acceptors (Lipinski definition) is 4. The molecular weight excluding hydrogens is 240 g/mol. The Hall–Kier alpha value is -2.14. The van der Waals surface area contributed by atoms with Gasteiger partial charge in [0.15, 0.2) is 0 Å². The van der Waals surface area contributed by atoms with Gasteiger partial charge in [-0.05, 0) is 17.7 Å². The zero-order valence-corrected chi connectivity index (χ0v) is 10.6. The largest absolute Gasteiger partial charge is 0.378 e. The molecule has 0 bridgehead atoms. The van der Waals surface area contributed by atoms with Gasteiger partial charge in [0.2, 0.25) is 0 Å². The first-order chi connectivity index (χ1) is 9.42. The summed E-state index contributed by atoms with van der Waals surface area (Å²) in [4.78, 5) is 4.04. The van der Waals surface area contributed by atoms with Crippen molar-refractivity contribution >= 4 is 6.21 Å². The molecule has 0 atom stereocenters. The van der Waals surface area contributed by atoms with Gasteiger partial charge in [0.25, 0.3) is 0 Å². The van der Waals surface area contributed by atoms with Gasteiger partial charge in [-0.1, -0.05) is 12.1 Å². The van der Waals surface area contributed by atoms with Crippen LogP contribution in [0.1, 0.15) is 5.56 Å². The van der Waals surface area contributed by atoms with Crippen molar-refractivity contribution in [2.45, 2.75) is 0 Å². The molecule has 2 heterocycles. The van der Waals surface area contributed by atoms with Crippen molar-refractivity contribution < 1.29 is 4.74 Å². The summed E-state index contributed by atoms with van der Waals surface area (Å²) in [7, 11) is 0. The SMILES string of the molecule is C(=N/N1CCOCC1)/c1ccc(-n2ccnc2)cc1. The first-order valence-electron chi connectivity index (χ1n) is 6.37. The van der Waals surface area contributed by atoms with Crippen LogP contribution in [0.3, 0.4) is 0 Å². The number of nitrogens with zero attached hydrogens (tertiary/aromatic N) is 4. The number of imidazole rings is 1. The summed E-state index contributed by atoms with van der Waals surface area (Å²) in [5.41, 5.74) is 2.19. The van der Waals surface area contributed by atoms with E-state index >= 15 is 0 Å². The highest BCUT2D eigenvalue weighted by molar-refractivity contribution is 5.79. The third kappa shape index (κ3) is 3.00. The van der Waals surface area contributed by atoms with Gasteiger partial charge in [-0.25, -0.2) is 4.98 Å². The first-order valence-corrected chi connectivity index (χ1v) is 6.37. The fourth-order valence-electron chi connectivity index (χ4n) is 1.96. The lowest BCUT2D eigenvalue weighted by atomic mass is 10.2. The van der Waals surface area contributed by atoms with Crippen LogP contribution in [0.25, 0.3) is 5.69 Å². The van der Waals surface area contributed by atoms with Crippen molar-refractivity contribution in [1.29, 1.82) is 0 Å². The van der Waals surface area contributed by atoms with Gasteiger partial charge in [-0.3, -0.25) is 5.01 Å². The lowest BCUT2D eigenvalue weighted by Gasteiger charge is -2.23. The van der Waals surface area contributed by atoms with Crippen LogP contribution in [0.5, 0.6) is 0 Å². The second-order valence-electron chi connectivity index (χ2n) is 4.37. The quantitative estimate of drug-likeness (QED) is 0.782. The molecule has 1 saturated heterocycles. The molecule has 5 nitrogen and oxygen atoms in total. The van der Waals surface area contributed by atoms with E-state index in [-0.39, 0.29) is 0 Å². The Labute approximate surface area is 112 Å². The lowest BCUT2D eigenvalue weighted by Crippen LogP contribution is -2.32. The third-order valence-electron chi connectivity index (χ3n) is 3.05. The fourth-order valence-corrected chi connectivity index (χ4v) is 1.96. The number of aromatic nitrogens is 2. The Kier molecular flexibility index (Phi) is 3.56. The minimum atomic E-state index is 0.761. The topological polar surface area (TPSA) is 42.6 Å². The molecule has 0 amide bonds. The molecule has 1 aliphatic heterocycles. The number of hydrazone groups is 1. The number of rotatable bonds is 3. The molecular formula is C14H16N4O. The van der Waals surface area contributed by atoms with Crippen LogP contribution in [0, 0.1) is 0 Å². The summed E-state index contributed by atoms with van der Waals surface area (Å²) in [5, 5.41) is 6.49. The predicted molar refractivity (Wildman–Crippen MR) is 73.6 cm³/mol. The third-order valence-corrected chi connectivity index (χ3v) is 3.05. The fraction of sp³-hybridized carbons (Fsp3) is 0.286. The van der Waals surface area contributed by atoms with E-state index in [1.54, 1.807) is 12.5 Å². The number of ether oxygens (including phenoxy) is 1. The summed E-state index contributed by atoms with van der Waals surface area (Å²) in [6.45, 7) is 3.25. The van der Waals surface area contributed by atoms with Crippen molar-refractivity contribution in [3.05, 3.63) is 48.5 Å². The van der Waals surface area contributed by atoms with Crippen molar-refractivity contribution in [2.24, 2.45) is 5.10 Å². The van der Waals surface area contributed by atoms with E-state index in [0.29, 0.717) is 0 Å². The Balaban J connectivity index is 1.67. The summed E-state index contributed by atoms with van der Waals surface area (Å²) >= 11 is 0. The number of morpholine rings is 1. The molecule has 2 aromatic rings. The molecule has 5 heteroatoms. The predicted octanol–water partition coefficient (Wildman–Crippen LogP) is 1.54. The normalized spacial score (nSPS) is 16.1. The van der Waals surface area contributed by atoms with Crippen molar-refractivity contribution in [2.75, 3.05) is 26.3 Å². The second-order valence-corrected chi connectivity index (χ2v) is 4.37. The van der Waals surface area contributed by atoms with Crippen molar-refractivity contribution in [1.82, 2.24) is 14.6 Å². The van der Waals surface area contributed by atoms with Gasteiger partial charge in [0.1, 0.15) is 0 Å². The number of hydrogen-bond donors (Lipinski definition) is 0. The van der Waals surface area contributed by atoms with Crippen molar-refractivity contribution in [3.63, 3.8) is 0 Å². The van der Waals surface area contributed by atoms with Gasteiger partial charge < -0.3 is 9.30 Å². The Bertz CT molecular complexity index is 527. The van der Waals surface area contributed by atoms with Crippen LogP contribution < -0.4 is 0 Å². The van der Waals surface area contributed by atoms with E-state index in [4.69, 9.17) is 4.74 Å². The van der Waals surface area contributed by atoms with E-state index < -0.39 is 0 Å². The van der Waals surface area contributed by atoms with Gasteiger partial charge in [-0.15, -0.1) is 0 Å². The maximum atomic E-state index is 5.28. The summed E-state index contributed by atoms with van der Waals surface area (Å²) in [6.07, 6.45) is 7.38. The van der Waals surface area contributed by atoms with Gasteiger partial charge in [-0.2, -0.15) is 5.10 Å². The Morgan fingerprint density at radius 1 is 1.16 bits per heavy atom. The molecule has 0 aliphatic carbocycles. The van der Waals surface area contributed by atoms with E-state index in [1.165, 1.54) is 0 Å². The summed E-state index contributed by atoms with van der Waals surface area (Å²) in [5.74, 6) is 0. The summed E-state index contributed by atoms with van der Waals surface area (Å²) < 4.78 is 7.26. The Morgan fingerprint density at radius 2 is 1.95 bits per heavy atom. The van der Waals surface area contributed by atoms with Crippen molar-refractivity contribution in [3.8, 4) is 5.69 Å². The molecule has 0 spiro atoms. The average molecular weight is 256 g/mol. The molecule has 3 rings (SSSR count). The van der Waals surface area contributed by atoms with Crippen LogP contribution in [0.2, 0.25) is 0 Å². The van der Waals surface area contributed by atoms with Gasteiger partial charge in [0.05, 0.1) is 38.8 Å². The maximum Gasteiger partial charge on any atom is 0.0991 e. The summed E-state index contributed by atoms with van der Waals surface area (Å²) in [6, 6.07) is 8.23. The Morgan fingerprint density at radius 3 is 2.63 bits per heavy atom. The standard InChI is InChI=1S/C14H16N4O/c1-3-14(17-6-5-15-12-17)4-2-13(1)11-16-18-7-9-19-10-8-18/h1-6,11-12H,7-10H2/b16-11-. The van der Waals surface area contributed by atoms with Crippen LogP contribution in [-0.2, 0) is 4.74 Å². The van der Waals surface area contributed by atoms with E-state index in [0.717, 1.165) is 37.6 Å². The van der Waals surface area contributed by atoms with Crippen LogP contribution in [0.15, 0.2) is 48.1 Å². The molecule has 0 unspecified atom stereocenters. The maximum absolute atomic E-state index is 5.28. The molecule has 1 aromatic carbocycles. The minimum absolute atomic E-state index is 0.761. The highest BCUT2D eigenvalue weighted by Gasteiger charge is 2.06. The highest BCUT2D eigenvalue weighted by Crippen LogP contribution is 2.08. The minimum Gasteiger partial charge on any atom is -0.378 e. The molecule has 1 aromatic heterocycles. The van der Waals surface area contributed by atoms with E-state index in [2.05, 4.69) is 34.4 Å². The van der Waals surface area contributed by atoms with Crippen LogP contribution >= 0.6 is 0 Å². The molecule has 1 fully saturated rings. The zero-order chi connectivity index (χ0) is 12.9. The van der Waals surface area contributed by atoms with E-state index in [1.807, 2.05) is 22.0 Å². The van der Waals surface area contributed by atoms with Crippen LogP contribution in [0.4, 0.5) is 0 Å². The first kappa shape index (κ1) is 11.9. The number of benzene rings is 1. The smallest absolute Gasteiger partial charge is 0.0991 e. The molecule has 98 valence electrons. The lowest BCUT2D eigenvalue weighted by molar-refractivity contribution is 0.0397.